The Balaban J connectivity index is 2.28. The molecule has 6 heteroatoms. The van der Waals surface area contributed by atoms with Gasteiger partial charge in [0.15, 0.2) is 0 Å². The molecule has 0 heterocycles. The molecule has 1 rings (SSSR count). The van der Waals surface area contributed by atoms with Crippen LogP contribution >= 0.6 is 0 Å². The van der Waals surface area contributed by atoms with E-state index in [4.69, 9.17) is 9.84 Å². The number of carbonyl (C=O) groups is 3. The molecule has 1 saturated carbocycles. The van der Waals surface area contributed by atoms with Gasteiger partial charge in [-0.3, -0.25) is 14.4 Å². The number of aliphatic carboxylic acids is 1. The summed E-state index contributed by atoms with van der Waals surface area (Å²) in [5.41, 5.74) is -0.378. The summed E-state index contributed by atoms with van der Waals surface area (Å²) < 4.78 is 4.80. The van der Waals surface area contributed by atoms with Crippen LogP contribution in [0.2, 0.25) is 0 Å². The van der Waals surface area contributed by atoms with Crippen molar-refractivity contribution in [3.05, 3.63) is 0 Å². The molecule has 0 bridgehead atoms. The van der Waals surface area contributed by atoms with Crippen LogP contribution in [0.1, 0.15) is 58.3 Å². The number of esters is 1. The molecule has 0 radical (unpaired) electrons. The molecule has 0 unspecified atom stereocenters. The Morgan fingerprint density at radius 1 is 1.19 bits per heavy atom. The zero-order chi connectivity index (χ0) is 15.7. The van der Waals surface area contributed by atoms with Gasteiger partial charge in [0.25, 0.3) is 0 Å². The molecule has 0 atom stereocenters. The normalized spacial score (nSPS) is 16.4. The third-order valence-electron chi connectivity index (χ3n) is 3.91. The van der Waals surface area contributed by atoms with E-state index in [1.807, 2.05) is 0 Å². The van der Waals surface area contributed by atoms with Crippen LogP contribution in [0.25, 0.3) is 0 Å². The highest BCUT2D eigenvalue weighted by atomic mass is 16.5. The number of ether oxygens (including phenoxy) is 1. The average Bonchev–Trinajstić information content (AvgIpc) is 2.82. The number of carboxylic acids is 1. The van der Waals surface area contributed by atoms with E-state index in [1.54, 1.807) is 6.92 Å². The maximum Gasteiger partial charge on any atom is 0.305 e. The summed E-state index contributed by atoms with van der Waals surface area (Å²) in [4.78, 5) is 34.0. The van der Waals surface area contributed by atoms with Crippen molar-refractivity contribution in [2.75, 3.05) is 13.2 Å². The van der Waals surface area contributed by atoms with E-state index in [-0.39, 0.29) is 36.6 Å². The Labute approximate surface area is 125 Å². The molecule has 0 saturated heterocycles. The van der Waals surface area contributed by atoms with Crippen molar-refractivity contribution in [1.82, 2.24) is 5.32 Å². The fourth-order valence-corrected chi connectivity index (χ4v) is 2.96. The van der Waals surface area contributed by atoms with E-state index in [1.165, 1.54) is 0 Å². The van der Waals surface area contributed by atoms with Gasteiger partial charge in [-0.25, -0.2) is 0 Å². The number of carboxylic acid groups (broad SMARTS) is 1. The lowest BCUT2D eigenvalue weighted by molar-refractivity contribution is -0.143. The summed E-state index contributed by atoms with van der Waals surface area (Å²) in [5, 5.41) is 11.8. The number of carbonyl (C=O) groups excluding carboxylic acids is 2. The fraction of sp³-hybridized carbons (Fsp3) is 0.800. The minimum atomic E-state index is -0.841. The van der Waals surface area contributed by atoms with Crippen LogP contribution in [0, 0.1) is 5.41 Å². The van der Waals surface area contributed by atoms with Gasteiger partial charge in [-0.05, 0) is 31.6 Å². The van der Waals surface area contributed by atoms with Crippen molar-refractivity contribution in [3.8, 4) is 0 Å². The summed E-state index contributed by atoms with van der Waals surface area (Å²) >= 11 is 0. The molecule has 21 heavy (non-hydrogen) atoms. The summed E-state index contributed by atoms with van der Waals surface area (Å²) in [7, 11) is 0. The van der Waals surface area contributed by atoms with Gasteiger partial charge in [0.2, 0.25) is 5.91 Å². The van der Waals surface area contributed by atoms with Crippen molar-refractivity contribution >= 4 is 17.8 Å². The second kappa shape index (κ2) is 8.64. The van der Waals surface area contributed by atoms with E-state index in [9.17, 15) is 14.4 Å². The topological polar surface area (TPSA) is 92.7 Å². The van der Waals surface area contributed by atoms with Gasteiger partial charge < -0.3 is 15.2 Å². The molecular weight excluding hydrogens is 274 g/mol. The molecule has 1 fully saturated rings. The van der Waals surface area contributed by atoms with Crippen molar-refractivity contribution in [1.29, 1.82) is 0 Å². The Hall–Kier alpha value is -1.59. The first-order chi connectivity index (χ1) is 9.97. The van der Waals surface area contributed by atoms with Gasteiger partial charge in [0.1, 0.15) is 0 Å². The van der Waals surface area contributed by atoms with Crippen LogP contribution < -0.4 is 5.32 Å². The average molecular weight is 299 g/mol. The summed E-state index contributed by atoms with van der Waals surface area (Å²) in [5.74, 6) is -1.22. The quantitative estimate of drug-likeness (QED) is 0.501. The molecule has 0 spiro atoms. The van der Waals surface area contributed by atoms with Gasteiger partial charge >= 0.3 is 11.9 Å². The molecule has 0 aliphatic heterocycles. The third kappa shape index (κ3) is 6.60. The molecule has 120 valence electrons. The van der Waals surface area contributed by atoms with Crippen molar-refractivity contribution in [2.45, 2.75) is 58.3 Å². The zero-order valence-electron chi connectivity index (χ0n) is 12.7. The second-order valence-corrected chi connectivity index (χ2v) is 5.71. The zero-order valence-corrected chi connectivity index (χ0v) is 12.7. The van der Waals surface area contributed by atoms with Gasteiger partial charge in [-0.15, -0.1) is 0 Å². The largest absolute Gasteiger partial charge is 0.481 e. The van der Waals surface area contributed by atoms with E-state index in [0.717, 1.165) is 25.7 Å². The second-order valence-electron chi connectivity index (χ2n) is 5.71. The van der Waals surface area contributed by atoms with E-state index in [0.29, 0.717) is 19.6 Å². The van der Waals surface area contributed by atoms with Crippen LogP contribution in [-0.4, -0.2) is 36.1 Å². The number of rotatable bonds is 9. The minimum Gasteiger partial charge on any atom is -0.481 e. The molecular formula is C15H25NO5. The van der Waals surface area contributed by atoms with Crippen LogP contribution in [0.15, 0.2) is 0 Å². The van der Waals surface area contributed by atoms with Crippen LogP contribution in [-0.2, 0) is 19.1 Å². The third-order valence-corrected chi connectivity index (χ3v) is 3.91. The Morgan fingerprint density at radius 3 is 2.43 bits per heavy atom. The van der Waals surface area contributed by atoms with E-state index < -0.39 is 5.97 Å². The highest BCUT2D eigenvalue weighted by Gasteiger charge is 2.37. The van der Waals surface area contributed by atoms with Crippen LogP contribution in [0.4, 0.5) is 0 Å². The molecule has 0 aromatic carbocycles. The summed E-state index contributed by atoms with van der Waals surface area (Å²) in [6, 6.07) is 0. The Kier molecular flexibility index (Phi) is 7.19. The first-order valence-electron chi connectivity index (χ1n) is 7.61. The number of nitrogens with one attached hydrogen (secondary N) is 1. The minimum absolute atomic E-state index is 0.0588. The summed E-state index contributed by atoms with van der Waals surface area (Å²) in [6.07, 6.45) is 4.73. The molecule has 2 N–H and O–H groups in total. The van der Waals surface area contributed by atoms with E-state index in [2.05, 4.69) is 5.32 Å². The Bertz CT molecular complexity index is 374. The molecule has 1 aliphatic rings. The standard InChI is InChI=1S/C15H25NO5/c1-2-21-14(20)6-5-9-16-12(17)10-15(11-13(18)19)7-3-4-8-15/h2-11H2,1H3,(H,16,17)(H,18,19). The maximum absolute atomic E-state index is 11.9. The van der Waals surface area contributed by atoms with Crippen molar-refractivity contribution < 1.29 is 24.2 Å². The number of amides is 1. The van der Waals surface area contributed by atoms with Crippen molar-refractivity contribution in [3.63, 3.8) is 0 Å². The SMILES string of the molecule is CCOC(=O)CCCNC(=O)CC1(CC(=O)O)CCCC1. The van der Waals surface area contributed by atoms with Crippen LogP contribution in [0.3, 0.4) is 0 Å². The Morgan fingerprint density at radius 2 is 1.86 bits per heavy atom. The maximum atomic E-state index is 11.9. The molecule has 6 nitrogen and oxygen atoms in total. The number of hydrogen-bond acceptors (Lipinski definition) is 4. The summed E-state index contributed by atoms with van der Waals surface area (Å²) in [6.45, 7) is 2.53. The van der Waals surface area contributed by atoms with Gasteiger partial charge in [-0.1, -0.05) is 12.8 Å². The lowest BCUT2D eigenvalue weighted by Gasteiger charge is -2.26. The molecule has 1 aliphatic carbocycles. The monoisotopic (exact) mass is 299 g/mol. The highest BCUT2D eigenvalue weighted by Crippen LogP contribution is 2.43. The molecule has 0 aromatic heterocycles. The van der Waals surface area contributed by atoms with Gasteiger partial charge in [0.05, 0.1) is 13.0 Å². The highest BCUT2D eigenvalue weighted by molar-refractivity contribution is 5.78. The molecule has 1 amide bonds. The first kappa shape index (κ1) is 17.5. The lowest BCUT2D eigenvalue weighted by atomic mass is 9.79. The first-order valence-corrected chi connectivity index (χ1v) is 7.61. The van der Waals surface area contributed by atoms with Gasteiger partial charge in [0, 0.05) is 19.4 Å². The lowest BCUT2D eigenvalue weighted by Crippen LogP contribution is -2.32. The molecule has 0 aromatic rings. The predicted octanol–water partition coefficient (Wildman–Crippen LogP) is 1.87. The van der Waals surface area contributed by atoms with Crippen molar-refractivity contribution in [2.24, 2.45) is 5.41 Å². The fourth-order valence-electron chi connectivity index (χ4n) is 2.96. The number of hydrogen-bond donors (Lipinski definition) is 2. The van der Waals surface area contributed by atoms with Crippen LogP contribution in [0.5, 0.6) is 0 Å². The van der Waals surface area contributed by atoms with Gasteiger partial charge in [-0.2, -0.15) is 0 Å². The smallest absolute Gasteiger partial charge is 0.305 e. The van der Waals surface area contributed by atoms with E-state index >= 15 is 0 Å². The predicted molar refractivity (Wildman–Crippen MR) is 76.6 cm³/mol.